The molecule has 7 nitrogen and oxygen atoms in total. The first-order valence-electron chi connectivity index (χ1n) is 3.74. The van der Waals surface area contributed by atoms with Crippen molar-refractivity contribution in [1.29, 1.82) is 0 Å². The van der Waals surface area contributed by atoms with Gasteiger partial charge in [-0.2, -0.15) is 0 Å². The topological polar surface area (TPSA) is 113 Å². The van der Waals surface area contributed by atoms with Gasteiger partial charge in [-0.25, -0.2) is 13.1 Å². The molecule has 0 aromatic rings. The first-order valence-corrected chi connectivity index (χ1v) is 5.63. The van der Waals surface area contributed by atoms with Crippen molar-refractivity contribution in [2.75, 3.05) is 19.3 Å². The zero-order chi connectivity index (χ0) is 11.2. The van der Waals surface area contributed by atoms with Crippen molar-refractivity contribution in [3.05, 3.63) is 0 Å². The number of rotatable bonds is 6. The number of carboxylic acids is 1. The fourth-order valence-electron chi connectivity index (χ4n) is 0.638. The Hall–Kier alpha value is -1.15. The number of hydrogen-bond acceptors (Lipinski definition) is 4. The van der Waals surface area contributed by atoms with Gasteiger partial charge in [0.2, 0.25) is 15.9 Å². The Kier molecular flexibility index (Phi) is 5.10. The molecule has 14 heavy (non-hydrogen) atoms. The molecule has 8 heteroatoms. The van der Waals surface area contributed by atoms with Gasteiger partial charge in [0, 0.05) is 13.1 Å². The van der Waals surface area contributed by atoms with Gasteiger partial charge in [0.05, 0.1) is 6.26 Å². The fraction of sp³-hybridized carbons (Fsp3) is 0.667. The summed E-state index contributed by atoms with van der Waals surface area (Å²) in [4.78, 5) is 20.7. The zero-order valence-corrected chi connectivity index (χ0v) is 8.43. The average Bonchev–Trinajstić information content (AvgIpc) is 1.95. The van der Waals surface area contributed by atoms with Crippen molar-refractivity contribution in [3.8, 4) is 0 Å². The Morgan fingerprint density at radius 2 is 1.86 bits per heavy atom. The van der Waals surface area contributed by atoms with E-state index in [-0.39, 0.29) is 13.1 Å². The quantitative estimate of drug-likeness (QED) is 0.361. The van der Waals surface area contributed by atoms with Crippen molar-refractivity contribution in [1.82, 2.24) is 10.0 Å². The summed E-state index contributed by atoms with van der Waals surface area (Å²) >= 11 is 0. The SMILES string of the molecule is CS(=O)(=O)NCCNC(=O)CC(=O)O. The third-order valence-electron chi connectivity index (χ3n) is 1.12. The first-order chi connectivity index (χ1) is 6.31. The Morgan fingerprint density at radius 1 is 1.29 bits per heavy atom. The Labute approximate surface area is 81.5 Å². The molecule has 0 atom stereocenters. The number of amides is 1. The van der Waals surface area contributed by atoms with Crippen molar-refractivity contribution >= 4 is 21.9 Å². The van der Waals surface area contributed by atoms with Crippen LogP contribution in [-0.2, 0) is 19.6 Å². The van der Waals surface area contributed by atoms with Gasteiger partial charge in [0.15, 0.2) is 0 Å². The molecule has 0 saturated carbocycles. The largest absolute Gasteiger partial charge is 0.481 e. The highest BCUT2D eigenvalue weighted by atomic mass is 32.2. The molecule has 82 valence electrons. The van der Waals surface area contributed by atoms with Gasteiger partial charge < -0.3 is 10.4 Å². The van der Waals surface area contributed by atoms with E-state index in [4.69, 9.17) is 5.11 Å². The molecule has 1 amide bonds. The normalized spacial score (nSPS) is 10.9. The van der Waals surface area contributed by atoms with Crippen LogP contribution >= 0.6 is 0 Å². The summed E-state index contributed by atoms with van der Waals surface area (Å²) in [6, 6.07) is 0. The summed E-state index contributed by atoms with van der Waals surface area (Å²) in [6.07, 6.45) is 0.380. The van der Waals surface area contributed by atoms with Gasteiger partial charge in [0.25, 0.3) is 0 Å². The lowest BCUT2D eigenvalue weighted by Gasteiger charge is -2.03. The zero-order valence-electron chi connectivity index (χ0n) is 7.61. The minimum atomic E-state index is -3.26. The maximum atomic E-state index is 10.7. The molecular weight excluding hydrogens is 212 g/mol. The Balaban J connectivity index is 3.56. The lowest BCUT2D eigenvalue weighted by atomic mass is 10.4. The molecule has 0 aliphatic heterocycles. The second-order valence-corrected chi connectivity index (χ2v) is 4.42. The van der Waals surface area contributed by atoms with Crippen LogP contribution in [-0.4, -0.2) is 44.7 Å². The number of nitrogens with one attached hydrogen (secondary N) is 2. The molecule has 0 aromatic heterocycles. The van der Waals surface area contributed by atoms with Crippen LogP contribution in [0.15, 0.2) is 0 Å². The highest BCUT2D eigenvalue weighted by molar-refractivity contribution is 7.88. The van der Waals surface area contributed by atoms with E-state index in [2.05, 4.69) is 10.0 Å². The van der Waals surface area contributed by atoms with Crippen LogP contribution in [0.1, 0.15) is 6.42 Å². The molecule has 0 aromatic carbocycles. The van der Waals surface area contributed by atoms with Crippen molar-refractivity contribution in [2.45, 2.75) is 6.42 Å². The number of aliphatic carboxylic acids is 1. The minimum Gasteiger partial charge on any atom is -0.481 e. The van der Waals surface area contributed by atoms with E-state index in [0.717, 1.165) is 6.26 Å². The molecule has 0 unspecified atom stereocenters. The van der Waals surface area contributed by atoms with E-state index in [1.165, 1.54) is 0 Å². The summed E-state index contributed by atoms with van der Waals surface area (Å²) in [6.45, 7) is 0.114. The molecule has 0 radical (unpaired) electrons. The number of sulfonamides is 1. The third kappa shape index (κ3) is 8.94. The standard InChI is InChI=1S/C6H12N2O5S/c1-14(12,13)8-3-2-7-5(9)4-6(10)11/h8H,2-4H2,1H3,(H,7,9)(H,10,11). The van der Waals surface area contributed by atoms with Crippen LogP contribution in [0, 0.1) is 0 Å². The molecule has 0 fully saturated rings. The van der Waals surface area contributed by atoms with Gasteiger partial charge in [-0.05, 0) is 0 Å². The van der Waals surface area contributed by atoms with Crippen LogP contribution in [0.5, 0.6) is 0 Å². The monoisotopic (exact) mass is 224 g/mol. The number of hydrogen-bond donors (Lipinski definition) is 3. The van der Waals surface area contributed by atoms with Crippen LogP contribution in [0.2, 0.25) is 0 Å². The number of carbonyl (C=O) groups is 2. The maximum Gasteiger partial charge on any atom is 0.312 e. The van der Waals surface area contributed by atoms with Crippen molar-refractivity contribution in [3.63, 3.8) is 0 Å². The maximum absolute atomic E-state index is 10.7. The highest BCUT2D eigenvalue weighted by Crippen LogP contribution is 1.78. The van der Waals surface area contributed by atoms with Gasteiger partial charge in [-0.15, -0.1) is 0 Å². The predicted molar refractivity (Wildman–Crippen MR) is 48.1 cm³/mol. The number of carboxylic acid groups (broad SMARTS) is 1. The molecule has 0 aliphatic carbocycles. The summed E-state index contributed by atoms with van der Waals surface area (Å²) in [5.74, 6) is -1.87. The fourth-order valence-corrected chi connectivity index (χ4v) is 1.11. The molecule has 0 saturated heterocycles. The number of carbonyl (C=O) groups excluding carboxylic acids is 1. The summed E-state index contributed by atoms with van der Waals surface area (Å²) in [5, 5.41) is 10.4. The molecule has 0 bridgehead atoms. The van der Waals surface area contributed by atoms with E-state index in [0.29, 0.717) is 0 Å². The average molecular weight is 224 g/mol. The van der Waals surface area contributed by atoms with Gasteiger partial charge in [-0.1, -0.05) is 0 Å². The molecule has 0 heterocycles. The summed E-state index contributed by atoms with van der Waals surface area (Å²) < 4.78 is 23.2. The van der Waals surface area contributed by atoms with Crippen LogP contribution in [0.25, 0.3) is 0 Å². The lowest BCUT2D eigenvalue weighted by molar-refractivity contribution is -0.140. The molecule has 3 N–H and O–H groups in total. The van der Waals surface area contributed by atoms with Crippen molar-refractivity contribution < 1.29 is 23.1 Å². The van der Waals surface area contributed by atoms with Crippen LogP contribution < -0.4 is 10.0 Å². The summed E-state index contributed by atoms with van der Waals surface area (Å²) in [7, 11) is -3.26. The highest BCUT2D eigenvalue weighted by Gasteiger charge is 2.06. The van der Waals surface area contributed by atoms with Crippen LogP contribution in [0.3, 0.4) is 0 Å². The molecule has 0 aliphatic rings. The van der Waals surface area contributed by atoms with E-state index < -0.39 is 28.3 Å². The third-order valence-corrected chi connectivity index (χ3v) is 1.85. The Morgan fingerprint density at radius 3 is 2.29 bits per heavy atom. The first kappa shape index (κ1) is 12.8. The minimum absolute atomic E-state index is 0.0458. The van der Waals surface area contributed by atoms with Gasteiger partial charge in [0.1, 0.15) is 6.42 Å². The van der Waals surface area contributed by atoms with Gasteiger partial charge >= 0.3 is 5.97 Å². The van der Waals surface area contributed by atoms with Crippen molar-refractivity contribution in [2.24, 2.45) is 0 Å². The van der Waals surface area contributed by atoms with Crippen LogP contribution in [0.4, 0.5) is 0 Å². The lowest BCUT2D eigenvalue weighted by Crippen LogP contribution is -2.34. The van der Waals surface area contributed by atoms with E-state index in [1.807, 2.05) is 0 Å². The second kappa shape index (κ2) is 5.55. The smallest absolute Gasteiger partial charge is 0.312 e. The molecule has 0 rings (SSSR count). The van der Waals surface area contributed by atoms with E-state index in [9.17, 15) is 18.0 Å². The second-order valence-electron chi connectivity index (χ2n) is 2.59. The van der Waals surface area contributed by atoms with Gasteiger partial charge in [-0.3, -0.25) is 9.59 Å². The predicted octanol–water partition coefficient (Wildman–Crippen LogP) is -1.87. The Bertz CT molecular complexity index is 310. The van der Waals surface area contributed by atoms with E-state index >= 15 is 0 Å². The van der Waals surface area contributed by atoms with E-state index in [1.54, 1.807) is 0 Å². The summed E-state index contributed by atoms with van der Waals surface area (Å²) in [5.41, 5.74) is 0. The molecule has 0 spiro atoms. The molecular formula is C6H12N2O5S.